The molecular weight excluding hydrogens is 270 g/mol. The zero-order valence-electron chi connectivity index (χ0n) is 7.79. The molecule has 84 valence electrons. The van der Waals surface area contributed by atoms with Gasteiger partial charge in [0, 0.05) is 6.20 Å². The summed E-state index contributed by atoms with van der Waals surface area (Å²) in [4.78, 5) is 7.48. The molecule has 0 spiro atoms. The van der Waals surface area contributed by atoms with Gasteiger partial charge in [0.25, 0.3) is 10.0 Å². The number of hydrogen-bond acceptors (Lipinski definition) is 5. The van der Waals surface area contributed by atoms with Gasteiger partial charge in [-0.25, -0.2) is 13.4 Å². The number of aromatic nitrogens is 2. The molecule has 8 heteroatoms. The molecule has 0 saturated heterocycles. The van der Waals surface area contributed by atoms with E-state index < -0.39 is 10.0 Å². The minimum absolute atomic E-state index is 0.0707. The van der Waals surface area contributed by atoms with Crippen molar-refractivity contribution in [2.24, 2.45) is 0 Å². The molecule has 0 aliphatic carbocycles. The van der Waals surface area contributed by atoms with Crippen molar-refractivity contribution in [1.29, 1.82) is 0 Å². The van der Waals surface area contributed by atoms with Crippen molar-refractivity contribution < 1.29 is 8.42 Å². The third-order valence-corrected chi connectivity index (χ3v) is 4.59. The van der Waals surface area contributed by atoms with Crippen molar-refractivity contribution in [2.45, 2.75) is 4.21 Å². The molecule has 0 aliphatic heterocycles. The number of nitrogens with zero attached hydrogens (tertiary/aromatic N) is 2. The first-order valence-corrected chi connectivity index (χ1v) is 6.80. The molecule has 0 unspecified atom stereocenters. The summed E-state index contributed by atoms with van der Waals surface area (Å²) < 4.78 is 26.2. The Morgan fingerprint density at radius 1 is 1.38 bits per heavy atom. The molecule has 0 atom stereocenters. The van der Waals surface area contributed by atoms with Crippen LogP contribution >= 0.6 is 22.9 Å². The van der Waals surface area contributed by atoms with E-state index in [4.69, 9.17) is 11.6 Å². The van der Waals surface area contributed by atoms with Gasteiger partial charge in [-0.1, -0.05) is 22.9 Å². The summed E-state index contributed by atoms with van der Waals surface area (Å²) in [5.74, 6) is 0. The van der Waals surface area contributed by atoms with E-state index in [1.807, 2.05) is 0 Å². The molecule has 16 heavy (non-hydrogen) atoms. The zero-order chi connectivity index (χ0) is 11.6. The Balaban J connectivity index is 2.28. The number of sulfonamides is 1. The van der Waals surface area contributed by atoms with Gasteiger partial charge in [0.15, 0.2) is 8.68 Å². The average Bonchev–Trinajstić information content (AvgIpc) is 2.66. The van der Waals surface area contributed by atoms with Crippen molar-refractivity contribution in [3.8, 4) is 0 Å². The first-order chi connectivity index (χ1) is 7.58. The summed E-state index contributed by atoms with van der Waals surface area (Å²) >= 11 is 6.47. The van der Waals surface area contributed by atoms with Crippen LogP contribution in [0.25, 0.3) is 0 Å². The number of pyridine rings is 1. The summed E-state index contributed by atoms with van der Waals surface area (Å²) in [5.41, 5.74) is 0.395. The molecule has 2 aromatic rings. The highest BCUT2D eigenvalue weighted by Crippen LogP contribution is 2.24. The van der Waals surface area contributed by atoms with Crippen LogP contribution in [-0.4, -0.2) is 18.4 Å². The molecule has 0 saturated carbocycles. The summed E-state index contributed by atoms with van der Waals surface area (Å²) in [5, 5.41) is 0. The second-order valence-electron chi connectivity index (χ2n) is 2.78. The van der Waals surface area contributed by atoms with E-state index >= 15 is 0 Å². The maximum absolute atomic E-state index is 11.8. The van der Waals surface area contributed by atoms with E-state index in [0.29, 0.717) is 5.69 Å². The van der Waals surface area contributed by atoms with E-state index in [-0.39, 0.29) is 8.68 Å². The smallest absolute Gasteiger partial charge is 0.273 e. The van der Waals surface area contributed by atoms with Crippen LogP contribution < -0.4 is 4.72 Å². The van der Waals surface area contributed by atoms with Gasteiger partial charge in [0.1, 0.15) is 0 Å². The Labute approximate surface area is 101 Å². The Bertz CT molecular complexity index is 582. The summed E-state index contributed by atoms with van der Waals surface area (Å²) in [6.07, 6.45) is 4.19. The Morgan fingerprint density at radius 3 is 2.75 bits per heavy atom. The van der Waals surface area contributed by atoms with Crippen LogP contribution in [0.1, 0.15) is 0 Å². The fourth-order valence-corrected chi connectivity index (χ4v) is 3.33. The molecule has 0 aliphatic rings. The number of halogens is 1. The molecule has 5 nitrogen and oxygen atoms in total. The molecule has 0 aromatic carbocycles. The lowest BCUT2D eigenvalue weighted by atomic mass is 10.4. The standard InChI is InChI=1S/C8H6ClN3O2S2/c9-8-11-5-7(15-8)16(13,14)12-6-2-1-3-10-4-6/h1-5,12H. The minimum atomic E-state index is -3.61. The normalized spacial score (nSPS) is 11.3. The zero-order valence-corrected chi connectivity index (χ0v) is 10.2. The third-order valence-electron chi connectivity index (χ3n) is 1.63. The average molecular weight is 276 g/mol. The van der Waals surface area contributed by atoms with E-state index in [1.165, 1.54) is 12.4 Å². The van der Waals surface area contributed by atoms with Crippen LogP contribution in [0.2, 0.25) is 4.47 Å². The van der Waals surface area contributed by atoms with Gasteiger partial charge in [-0.05, 0) is 12.1 Å². The van der Waals surface area contributed by atoms with Crippen molar-refractivity contribution in [1.82, 2.24) is 9.97 Å². The van der Waals surface area contributed by atoms with Crippen LogP contribution in [-0.2, 0) is 10.0 Å². The SMILES string of the molecule is O=S(=O)(Nc1cccnc1)c1cnc(Cl)s1. The first kappa shape index (κ1) is 11.3. The maximum atomic E-state index is 11.8. The molecule has 0 fully saturated rings. The van der Waals surface area contributed by atoms with E-state index in [0.717, 1.165) is 11.3 Å². The molecule has 2 heterocycles. The lowest BCUT2D eigenvalue weighted by Gasteiger charge is -2.03. The first-order valence-electron chi connectivity index (χ1n) is 4.12. The number of anilines is 1. The van der Waals surface area contributed by atoms with Gasteiger partial charge in [-0.2, -0.15) is 0 Å². The van der Waals surface area contributed by atoms with Crippen LogP contribution in [0.15, 0.2) is 34.9 Å². The van der Waals surface area contributed by atoms with Gasteiger partial charge in [0.2, 0.25) is 0 Å². The molecule has 1 N–H and O–H groups in total. The molecule has 0 bridgehead atoms. The summed E-state index contributed by atoms with van der Waals surface area (Å²) in [6.45, 7) is 0. The largest absolute Gasteiger partial charge is 0.277 e. The lowest BCUT2D eigenvalue weighted by molar-refractivity contribution is 0.603. The van der Waals surface area contributed by atoms with Gasteiger partial charge >= 0.3 is 0 Å². The predicted octanol–water partition coefficient (Wildman–Crippen LogP) is 1.99. The van der Waals surface area contributed by atoms with E-state index in [2.05, 4.69) is 14.7 Å². The summed E-state index contributed by atoms with van der Waals surface area (Å²) in [6, 6.07) is 3.24. The van der Waals surface area contributed by atoms with Crippen LogP contribution in [0.3, 0.4) is 0 Å². The Kier molecular flexibility index (Phi) is 3.08. The van der Waals surface area contributed by atoms with Crippen LogP contribution in [0, 0.1) is 0 Å². The van der Waals surface area contributed by atoms with Crippen molar-refractivity contribution in [3.63, 3.8) is 0 Å². The monoisotopic (exact) mass is 275 g/mol. The minimum Gasteiger partial charge on any atom is -0.277 e. The highest BCUT2D eigenvalue weighted by molar-refractivity contribution is 7.94. The topological polar surface area (TPSA) is 72.0 Å². The molecule has 0 amide bonds. The van der Waals surface area contributed by atoms with Crippen LogP contribution in [0.4, 0.5) is 5.69 Å². The van der Waals surface area contributed by atoms with Crippen molar-refractivity contribution >= 4 is 38.6 Å². The molecule has 0 radical (unpaired) electrons. The number of rotatable bonds is 3. The molecular formula is C8H6ClN3O2S2. The second-order valence-corrected chi connectivity index (χ2v) is 6.30. The predicted molar refractivity (Wildman–Crippen MR) is 62.2 cm³/mol. The van der Waals surface area contributed by atoms with Gasteiger partial charge in [-0.15, -0.1) is 0 Å². The second kappa shape index (κ2) is 4.36. The Hall–Kier alpha value is -1.18. The van der Waals surface area contributed by atoms with Gasteiger partial charge < -0.3 is 0 Å². The van der Waals surface area contributed by atoms with E-state index in [9.17, 15) is 8.42 Å². The van der Waals surface area contributed by atoms with Crippen molar-refractivity contribution in [3.05, 3.63) is 35.2 Å². The Morgan fingerprint density at radius 2 is 2.19 bits per heavy atom. The highest BCUT2D eigenvalue weighted by Gasteiger charge is 2.17. The number of hydrogen-bond donors (Lipinski definition) is 1. The number of nitrogens with one attached hydrogen (secondary N) is 1. The molecule has 2 rings (SSSR count). The fraction of sp³-hybridized carbons (Fsp3) is 0. The maximum Gasteiger partial charge on any atom is 0.273 e. The third kappa shape index (κ3) is 2.49. The van der Waals surface area contributed by atoms with Gasteiger partial charge in [-0.3, -0.25) is 9.71 Å². The quantitative estimate of drug-likeness (QED) is 0.930. The summed E-state index contributed by atoms with van der Waals surface area (Å²) in [7, 11) is -3.61. The highest BCUT2D eigenvalue weighted by atomic mass is 35.5. The fourth-order valence-electron chi connectivity index (χ4n) is 0.992. The van der Waals surface area contributed by atoms with E-state index in [1.54, 1.807) is 18.3 Å². The lowest BCUT2D eigenvalue weighted by Crippen LogP contribution is -2.11. The molecule has 2 aromatic heterocycles. The number of thiazole rings is 1. The van der Waals surface area contributed by atoms with Gasteiger partial charge in [0.05, 0.1) is 18.1 Å². The van der Waals surface area contributed by atoms with Crippen LogP contribution in [0.5, 0.6) is 0 Å². The van der Waals surface area contributed by atoms with Crippen molar-refractivity contribution in [2.75, 3.05) is 4.72 Å².